The van der Waals surface area contributed by atoms with Crippen LogP contribution in [0, 0.1) is 12.7 Å². The lowest BCUT2D eigenvalue weighted by atomic mass is 10.0. The van der Waals surface area contributed by atoms with Crippen LogP contribution in [0.25, 0.3) is 0 Å². The van der Waals surface area contributed by atoms with E-state index in [1.807, 2.05) is 12.1 Å². The van der Waals surface area contributed by atoms with E-state index in [2.05, 4.69) is 18.7 Å². The van der Waals surface area contributed by atoms with Crippen molar-refractivity contribution in [2.24, 2.45) is 5.73 Å². The van der Waals surface area contributed by atoms with Gasteiger partial charge >= 0.3 is 0 Å². The van der Waals surface area contributed by atoms with Gasteiger partial charge in [0.15, 0.2) is 0 Å². The fraction of sp³-hybridized carbons (Fsp3) is 0.625. The van der Waals surface area contributed by atoms with Crippen molar-refractivity contribution in [3.05, 3.63) is 35.1 Å². The Bertz CT molecular complexity index is 411. The molecule has 0 saturated heterocycles. The molecule has 0 bridgehead atoms. The van der Waals surface area contributed by atoms with Gasteiger partial charge in [-0.1, -0.05) is 19.1 Å². The summed E-state index contributed by atoms with van der Waals surface area (Å²) in [4.78, 5) is 2.30. The van der Waals surface area contributed by atoms with Gasteiger partial charge in [0.2, 0.25) is 0 Å². The number of benzene rings is 1. The minimum atomic E-state index is -0.170. The Morgan fingerprint density at radius 3 is 2.60 bits per heavy atom. The maximum Gasteiger partial charge on any atom is 0.126 e. The van der Waals surface area contributed by atoms with Crippen LogP contribution in [0.2, 0.25) is 0 Å². The molecule has 2 unspecified atom stereocenters. The molecule has 1 aromatic carbocycles. The first-order valence-electron chi connectivity index (χ1n) is 7.25. The van der Waals surface area contributed by atoms with Crippen LogP contribution in [-0.2, 0) is 4.74 Å². The van der Waals surface area contributed by atoms with Gasteiger partial charge < -0.3 is 10.5 Å². The highest BCUT2D eigenvalue weighted by molar-refractivity contribution is 5.26. The summed E-state index contributed by atoms with van der Waals surface area (Å²) in [5, 5.41) is 0. The molecule has 114 valence electrons. The maximum atomic E-state index is 13.8. The van der Waals surface area contributed by atoms with Crippen LogP contribution in [0.15, 0.2) is 18.2 Å². The predicted molar refractivity (Wildman–Crippen MR) is 81.3 cm³/mol. The average molecular weight is 282 g/mol. The third kappa shape index (κ3) is 4.27. The van der Waals surface area contributed by atoms with Crippen LogP contribution >= 0.6 is 0 Å². The summed E-state index contributed by atoms with van der Waals surface area (Å²) in [5.41, 5.74) is 7.55. The molecule has 0 fully saturated rings. The molecule has 1 rings (SSSR count). The van der Waals surface area contributed by atoms with Crippen molar-refractivity contribution in [1.29, 1.82) is 0 Å². The standard InChI is InChI=1S/C16H27FN2O/c1-5-13(3)19(8-9-20-4)16(11-18)14-7-6-12(2)15(17)10-14/h6-7,10,13,16H,5,8-9,11,18H2,1-4H3. The Labute approximate surface area is 121 Å². The Morgan fingerprint density at radius 1 is 1.40 bits per heavy atom. The highest BCUT2D eigenvalue weighted by atomic mass is 19.1. The van der Waals surface area contributed by atoms with Crippen molar-refractivity contribution in [1.82, 2.24) is 4.90 Å². The molecule has 0 aliphatic heterocycles. The summed E-state index contributed by atoms with van der Waals surface area (Å²) >= 11 is 0. The normalized spacial score (nSPS) is 14.6. The van der Waals surface area contributed by atoms with Gasteiger partial charge in [0.05, 0.1) is 6.61 Å². The second-order valence-corrected chi connectivity index (χ2v) is 5.25. The summed E-state index contributed by atoms with van der Waals surface area (Å²) in [7, 11) is 1.69. The summed E-state index contributed by atoms with van der Waals surface area (Å²) in [5.74, 6) is -0.170. The minimum absolute atomic E-state index is 0.0233. The second kappa shape index (κ2) is 8.35. The number of methoxy groups -OCH3 is 1. The molecule has 0 saturated carbocycles. The van der Waals surface area contributed by atoms with E-state index in [9.17, 15) is 4.39 Å². The minimum Gasteiger partial charge on any atom is -0.383 e. The van der Waals surface area contributed by atoms with Crippen LogP contribution in [0.4, 0.5) is 4.39 Å². The number of nitrogens with two attached hydrogens (primary N) is 1. The van der Waals surface area contributed by atoms with E-state index in [4.69, 9.17) is 10.5 Å². The monoisotopic (exact) mass is 282 g/mol. The van der Waals surface area contributed by atoms with Crippen LogP contribution in [-0.4, -0.2) is 37.7 Å². The molecule has 0 aliphatic carbocycles. The molecule has 3 nitrogen and oxygen atoms in total. The molecule has 0 aromatic heterocycles. The quantitative estimate of drug-likeness (QED) is 0.797. The SMILES string of the molecule is CCC(C)N(CCOC)C(CN)c1ccc(C)c(F)c1. The molecule has 2 N–H and O–H groups in total. The predicted octanol–water partition coefficient (Wildman–Crippen LogP) is 2.88. The smallest absolute Gasteiger partial charge is 0.126 e. The number of aryl methyl sites for hydroxylation is 1. The van der Waals surface area contributed by atoms with Gasteiger partial charge in [-0.3, -0.25) is 4.90 Å². The Hall–Kier alpha value is -0.970. The van der Waals surface area contributed by atoms with E-state index in [0.29, 0.717) is 24.8 Å². The zero-order valence-corrected chi connectivity index (χ0v) is 13.0. The topological polar surface area (TPSA) is 38.5 Å². The Morgan fingerprint density at radius 2 is 2.10 bits per heavy atom. The van der Waals surface area contributed by atoms with Crippen molar-refractivity contribution >= 4 is 0 Å². The zero-order valence-electron chi connectivity index (χ0n) is 13.0. The van der Waals surface area contributed by atoms with Crippen molar-refractivity contribution in [3.8, 4) is 0 Å². The number of hydrogen-bond acceptors (Lipinski definition) is 3. The molecule has 4 heteroatoms. The van der Waals surface area contributed by atoms with Crippen molar-refractivity contribution in [3.63, 3.8) is 0 Å². The first-order chi connectivity index (χ1) is 9.54. The fourth-order valence-electron chi connectivity index (χ4n) is 2.39. The van der Waals surface area contributed by atoms with Gasteiger partial charge in [-0.2, -0.15) is 0 Å². The molecule has 0 aliphatic rings. The molecule has 1 aromatic rings. The van der Waals surface area contributed by atoms with Crippen LogP contribution in [0.1, 0.15) is 37.4 Å². The lowest BCUT2D eigenvalue weighted by Gasteiger charge is -2.36. The molecular weight excluding hydrogens is 255 g/mol. The van der Waals surface area contributed by atoms with Crippen molar-refractivity contribution in [2.75, 3.05) is 26.8 Å². The van der Waals surface area contributed by atoms with E-state index < -0.39 is 0 Å². The van der Waals surface area contributed by atoms with Gasteiger partial charge in [0.1, 0.15) is 5.82 Å². The zero-order chi connectivity index (χ0) is 15.1. The lowest BCUT2D eigenvalue weighted by molar-refractivity contribution is 0.0901. The van der Waals surface area contributed by atoms with Crippen LogP contribution in [0.3, 0.4) is 0 Å². The molecule has 2 atom stereocenters. The van der Waals surface area contributed by atoms with Gasteiger partial charge in [-0.25, -0.2) is 4.39 Å². The number of ether oxygens (including phenoxy) is 1. The summed E-state index contributed by atoms with van der Waals surface area (Å²) in [6, 6.07) is 5.80. The number of hydrogen-bond donors (Lipinski definition) is 1. The molecule has 0 spiro atoms. The van der Waals surface area contributed by atoms with Crippen molar-refractivity contribution in [2.45, 2.75) is 39.3 Å². The van der Waals surface area contributed by atoms with E-state index >= 15 is 0 Å². The maximum absolute atomic E-state index is 13.8. The number of nitrogens with zero attached hydrogens (tertiary/aromatic N) is 1. The highest BCUT2D eigenvalue weighted by Crippen LogP contribution is 2.24. The average Bonchev–Trinajstić information content (AvgIpc) is 2.46. The Balaban J connectivity index is 3.01. The van der Waals surface area contributed by atoms with E-state index in [1.165, 1.54) is 0 Å². The van der Waals surface area contributed by atoms with E-state index in [-0.39, 0.29) is 11.9 Å². The molecule has 0 radical (unpaired) electrons. The highest BCUT2D eigenvalue weighted by Gasteiger charge is 2.23. The van der Waals surface area contributed by atoms with Gasteiger partial charge in [-0.15, -0.1) is 0 Å². The molecule has 20 heavy (non-hydrogen) atoms. The largest absolute Gasteiger partial charge is 0.383 e. The van der Waals surface area contributed by atoms with Gasteiger partial charge in [-0.05, 0) is 37.5 Å². The second-order valence-electron chi connectivity index (χ2n) is 5.25. The molecule has 0 heterocycles. The number of rotatable bonds is 8. The van der Waals surface area contributed by atoms with Crippen LogP contribution in [0.5, 0.6) is 0 Å². The third-order valence-electron chi connectivity index (χ3n) is 3.91. The number of halogens is 1. The third-order valence-corrected chi connectivity index (χ3v) is 3.91. The van der Waals surface area contributed by atoms with Crippen molar-refractivity contribution < 1.29 is 9.13 Å². The molecular formula is C16H27FN2O. The first kappa shape index (κ1) is 17.1. The fourth-order valence-corrected chi connectivity index (χ4v) is 2.39. The van der Waals surface area contributed by atoms with Gasteiger partial charge in [0.25, 0.3) is 0 Å². The summed E-state index contributed by atoms with van der Waals surface area (Å²) < 4.78 is 19.0. The lowest BCUT2D eigenvalue weighted by Crippen LogP contribution is -2.41. The summed E-state index contributed by atoms with van der Waals surface area (Å²) in [6.45, 7) is 8.00. The molecule has 0 amide bonds. The van der Waals surface area contributed by atoms with E-state index in [0.717, 1.165) is 18.5 Å². The summed E-state index contributed by atoms with van der Waals surface area (Å²) in [6.07, 6.45) is 1.02. The first-order valence-corrected chi connectivity index (χ1v) is 7.25. The van der Waals surface area contributed by atoms with Gasteiger partial charge in [0, 0.05) is 32.3 Å². The van der Waals surface area contributed by atoms with E-state index in [1.54, 1.807) is 20.1 Å². The Kier molecular flexibility index (Phi) is 7.13. The van der Waals surface area contributed by atoms with Crippen LogP contribution < -0.4 is 5.73 Å².